The number of nitrogens with zero attached hydrogens (tertiary/aromatic N) is 1. The van der Waals surface area contributed by atoms with Crippen LogP contribution in [0.1, 0.15) is 26.7 Å². The van der Waals surface area contributed by atoms with E-state index in [0.29, 0.717) is 12.1 Å². The van der Waals surface area contributed by atoms with Gasteiger partial charge in [-0.15, -0.1) is 0 Å². The highest BCUT2D eigenvalue weighted by molar-refractivity contribution is 5.16. The summed E-state index contributed by atoms with van der Waals surface area (Å²) < 4.78 is 0. The maximum atomic E-state index is 8.27. The summed E-state index contributed by atoms with van der Waals surface area (Å²) in [6.45, 7) is 4.12. The third-order valence-corrected chi connectivity index (χ3v) is 1.42. The molecule has 0 saturated carbocycles. The van der Waals surface area contributed by atoms with Gasteiger partial charge in [-0.25, -0.2) is 0 Å². The average molecular weight is 150 g/mol. The summed E-state index contributed by atoms with van der Waals surface area (Å²) in [5.74, 6) is 0. The first-order valence-corrected chi connectivity index (χ1v) is 3.69. The van der Waals surface area contributed by atoms with Crippen molar-refractivity contribution in [1.82, 2.24) is 0 Å². The zero-order chi connectivity index (χ0) is 8.69. The van der Waals surface area contributed by atoms with Crippen LogP contribution in [0.15, 0.2) is 23.4 Å². The monoisotopic (exact) mass is 150 g/mol. The van der Waals surface area contributed by atoms with Crippen LogP contribution in [0.4, 0.5) is 0 Å². The molecule has 0 aromatic rings. The highest BCUT2D eigenvalue weighted by Gasteiger charge is 1.85. The minimum Gasteiger partial charge on any atom is -0.401 e. The molecule has 0 aromatic heterocycles. The van der Waals surface area contributed by atoms with Crippen LogP contribution < -0.4 is 5.73 Å². The SMILES string of the molecule is CC/C(C)=C/C=C(/N)CC#N. The smallest absolute Gasteiger partial charge is 0.0747 e. The van der Waals surface area contributed by atoms with Gasteiger partial charge in [0.05, 0.1) is 12.5 Å². The van der Waals surface area contributed by atoms with Crippen molar-refractivity contribution >= 4 is 0 Å². The third kappa shape index (κ3) is 5.23. The Hall–Kier alpha value is -1.23. The molecule has 0 aliphatic heterocycles. The van der Waals surface area contributed by atoms with Crippen LogP contribution in [0.25, 0.3) is 0 Å². The number of hydrogen-bond acceptors (Lipinski definition) is 2. The molecule has 0 bridgehead atoms. The first-order chi connectivity index (χ1) is 5.20. The normalized spacial score (nSPS) is 12.8. The van der Waals surface area contributed by atoms with Crippen LogP contribution in [-0.4, -0.2) is 0 Å². The zero-order valence-electron chi connectivity index (χ0n) is 7.09. The lowest BCUT2D eigenvalue weighted by Gasteiger charge is -1.92. The molecule has 0 spiro atoms. The Kier molecular flexibility index (Phi) is 4.93. The quantitative estimate of drug-likeness (QED) is 0.626. The van der Waals surface area contributed by atoms with E-state index >= 15 is 0 Å². The number of hydrogen-bond donors (Lipinski definition) is 1. The van der Waals surface area contributed by atoms with Gasteiger partial charge in [0.15, 0.2) is 0 Å². The minimum atomic E-state index is 0.313. The fourth-order valence-corrected chi connectivity index (χ4v) is 0.517. The molecule has 0 aliphatic carbocycles. The molecule has 60 valence electrons. The molecular formula is C9H14N2. The van der Waals surface area contributed by atoms with Gasteiger partial charge in [0, 0.05) is 5.70 Å². The molecule has 2 heteroatoms. The maximum Gasteiger partial charge on any atom is 0.0747 e. The van der Waals surface area contributed by atoms with Crippen LogP contribution in [0.5, 0.6) is 0 Å². The van der Waals surface area contributed by atoms with Gasteiger partial charge in [0.2, 0.25) is 0 Å². The van der Waals surface area contributed by atoms with E-state index in [1.807, 2.05) is 19.1 Å². The average Bonchev–Trinajstić information content (AvgIpc) is 2.01. The number of nitrogens with two attached hydrogens (primary N) is 1. The maximum absolute atomic E-state index is 8.27. The largest absolute Gasteiger partial charge is 0.401 e. The number of rotatable bonds is 3. The highest BCUT2D eigenvalue weighted by Crippen LogP contribution is 1.99. The van der Waals surface area contributed by atoms with Gasteiger partial charge in [-0.05, 0) is 19.4 Å². The predicted octanol–water partition coefficient (Wildman–Crippen LogP) is 2.10. The summed E-state index contributed by atoms with van der Waals surface area (Å²) in [4.78, 5) is 0. The van der Waals surface area contributed by atoms with Gasteiger partial charge in [0.25, 0.3) is 0 Å². The molecule has 0 fully saturated rings. The molecule has 0 aliphatic rings. The lowest BCUT2D eigenvalue weighted by molar-refractivity contribution is 1.09. The molecule has 0 unspecified atom stereocenters. The Bertz CT molecular complexity index is 206. The molecule has 0 amide bonds. The Labute approximate surface area is 68.0 Å². The van der Waals surface area contributed by atoms with E-state index in [0.717, 1.165) is 6.42 Å². The van der Waals surface area contributed by atoms with Crippen molar-refractivity contribution in [3.63, 3.8) is 0 Å². The molecule has 11 heavy (non-hydrogen) atoms. The van der Waals surface area contributed by atoms with Crippen LogP contribution in [0.3, 0.4) is 0 Å². The van der Waals surface area contributed by atoms with Crippen LogP contribution >= 0.6 is 0 Å². The number of allylic oxidation sites excluding steroid dienone is 4. The summed E-state index contributed by atoms with van der Waals surface area (Å²) in [6.07, 6.45) is 5.08. The topological polar surface area (TPSA) is 49.8 Å². The summed E-state index contributed by atoms with van der Waals surface area (Å²) in [7, 11) is 0. The van der Waals surface area contributed by atoms with E-state index in [-0.39, 0.29) is 0 Å². The zero-order valence-corrected chi connectivity index (χ0v) is 7.09. The van der Waals surface area contributed by atoms with Crippen molar-refractivity contribution in [2.75, 3.05) is 0 Å². The number of nitriles is 1. The first-order valence-electron chi connectivity index (χ1n) is 3.69. The molecule has 0 aromatic carbocycles. The highest BCUT2D eigenvalue weighted by atomic mass is 14.6. The predicted molar refractivity (Wildman–Crippen MR) is 46.5 cm³/mol. The van der Waals surface area contributed by atoms with Gasteiger partial charge in [-0.2, -0.15) is 5.26 Å². The van der Waals surface area contributed by atoms with Crippen LogP contribution in [-0.2, 0) is 0 Å². The summed E-state index contributed by atoms with van der Waals surface area (Å²) in [5.41, 5.74) is 7.38. The van der Waals surface area contributed by atoms with Gasteiger partial charge >= 0.3 is 0 Å². The Balaban J connectivity index is 4.02. The molecule has 0 radical (unpaired) electrons. The van der Waals surface area contributed by atoms with Crippen molar-refractivity contribution in [3.8, 4) is 6.07 Å². The first kappa shape index (κ1) is 9.77. The van der Waals surface area contributed by atoms with E-state index in [1.165, 1.54) is 5.57 Å². The standard InChI is InChI=1S/C9H14N2/c1-3-8(2)4-5-9(11)6-7-10/h4-5H,3,6,11H2,1-2H3/b8-4+,9-5+. The van der Waals surface area contributed by atoms with Crippen LogP contribution in [0.2, 0.25) is 0 Å². The van der Waals surface area contributed by atoms with Crippen molar-refractivity contribution < 1.29 is 0 Å². The molecule has 0 heterocycles. The van der Waals surface area contributed by atoms with Crippen molar-refractivity contribution in [1.29, 1.82) is 5.26 Å². The Morgan fingerprint density at radius 1 is 1.55 bits per heavy atom. The summed E-state index contributed by atoms with van der Waals surface area (Å²) >= 11 is 0. The second kappa shape index (κ2) is 5.55. The third-order valence-electron chi connectivity index (χ3n) is 1.42. The van der Waals surface area contributed by atoms with E-state index in [1.54, 1.807) is 6.08 Å². The van der Waals surface area contributed by atoms with Gasteiger partial charge < -0.3 is 5.73 Å². The second-order valence-electron chi connectivity index (χ2n) is 2.44. The summed E-state index contributed by atoms with van der Waals surface area (Å²) in [6, 6.07) is 1.99. The van der Waals surface area contributed by atoms with Gasteiger partial charge in [-0.1, -0.05) is 18.6 Å². The van der Waals surface area contributed by atoms with E-state index in [2.05, 4.69) is 6.92 Å². The fourth-order valence-electron chi connectivity index (χ4n) is 0.517. The van der Waals surface area contributed by atoms with Crippen molar-refractivity contribution in [3.05, 3.63) is 23.4 Å². The van der Waals surface area contributed by atoms with E-state index in [4.69, 9.17) is 11.0 Å². The molecule has 2 N–H and O–H groups in total. The molecule has 0 rings (SSSR count). The Morgan fingerprint density at radius 3 is 2.64 bits per heavy atom. The Morgan fingerprint density at radius 2 is 2.18 bits per heavy atom. The van der Waals surface area contributed by atoms with Gasteiger partial charge in [-0.3, -0.25) is 0 Å². The van der Waals surface area contributed by atoms with E-state index in [9.17, 15) is 0 Å². The van der Waals surface area contributed by atoms with Gasteiger partial charge in [0.1, 0.15) is 0 Å². The molecule has 2 nitrogen and oxygen atoms in total. The van der Waals surface area contributed by atoms with Crippen molar-refractivity contribution in [2.24, 2.45) is 5.73 Å². The molecular weight excluding hydrogens is 136 g/mol. The minimum absolute atomic E-state index is 0.313. The van der Waals surface area contributed by atoms with E-state index < -0.39 is 0 Å². The lowest BCUT2D eigenvalue weighted by Crippen LogP contribution is -1.94. The lowest BCUT2D eigenvalue weighted by atomic mass is 10.2. The molecule has 0 saturated heterocycles. The molecule has 0 atom stereocenters. The van der Waals surface area contributed by atoms with Crippen molar-refractivity contribution in [2.45, 2.75) is 26.7 Å². The summed E-state index contributed by atoms with van der Waals surface area (Å²) in [5, 5.41) is 8.27. The van der Waals surface area contributed by atoms with Crippen LogP contribution in [0, 0.1) is 11.3 Å². The fraction of sp³-hybridized carbons (Fsp3) is 0.444. The second-order valence-corrected chi connectivity index (χ2v) is 2.44.